The quantitative estimate of drug-likeness (QED) is 0.295. The van der Waals surface area contributed by atoms with Gasteiger partial charge in [0.05, 0.1) is 28.6 Å². The number of para-hydroxylation sites is 2. The van der Waals surface area contributed by atoms with Crippen LogP contribution in [0.3, 0.4) is 0 Å². The Balaban J connectivity index is 1.60. The van der Waals surface area contributed by atoms with Gasteiger partial charge < -0.3 is 4.57 Å². The molecule has 7 rings (SSSR count). The molecule has 160 valence electrons. The van der Waals surface area contributed by atoms with Gasteiger partial charge in [-0.2, -0.15) is 5.10 Å². The summed E-state index contributed by atoms with van der Waals surface area (Å²) in [4.78, 5) is 5.14. The third kappa shape index (κ3) is 2.79. The van der Waals surface area contributed by atoms with E-state index in [0.717, 1.165) is 44.9 Å². The van der Waals surface area contributed by atoms with Crippen LogP contribution in [0.4, 0.5) is 0 Å². The van der Waals surface area contributed by atoms with Crippen LogP contribution in [0.5, 0.6) is 0 Å². The molecule has 4 heteroatoms. The van der Waals surface area contributed by atoms with Crippen molar-refractivity contribution in [3.05, 3.63) is 121 Å². The Morgan fingerprint density at radius 1 is 0.559 bits per heavy atom. The largest absolute Gasteiger partial charge is 0.304 e. The molecule has 0 fully saturated rings. The van der Waals surface area contributed by atoms with Gasteiger partial charge in [0, 0.05) is 21.9 Å². The van der Waals surface area contributed by atoms with E-state index in [-0.39, 0.29) is 0 Å². The molecule has 0 radical (unpaired) electrons. The summed E-state index contributed by atoms with van der Waals surface area (Å²) < 4.78 is 4.24. The topological polar surface area (TPSA) is 35.1 Å². The minimum atomic E-state index is 0.826. The lowest BCUT2D eigenvalue weighted by atomic mass is 10.1. The lowest BCUT2D eigenvalue weighted by Gasteiger charge is -2.11. The van der Waals surface area contributed by atoms with Crippen LogP contribution in [0.1, 0.15) is 0 Å². The van der Waals surface area contributed by atoms with E-state index in [1.807, 2.05) is 35.0 Å². The number of benzene rings is 4. The Labute approximate surface area is 196 Å². The van der Waals surface area contributed by atoms with Crippen LogP contribution in [0.25, 0.3) is 55.7 Å². The minimum absolute atomic E-state index is 0.826. The lowest BCUT2D eigenvalue weighted by molar-refractivity contribution is 0.949. The normalized spacial score (nSPS) is 11.5. The molecule has 0 aliphatic carbocycles. The molecule has 7 aromatic rings. The summed E-state index contributed by atoms with van der Waals surface area (Å²) in [5.74, 6) is 0. The number of fused-ring (bicyclic) bond motifs is 4. The zero-order chi connectivity index (χ0) is 22.5. The number of aromatic nitrogens is 4. The fraction of sp³-hybridized carbons (Fsp3) is 0. The average Bonchev–Trinajstić information content (AvgIpc) is 3.48. The fourth-order valence-corrected chi connectivity index (χ4v) is 4.86. The Hall–Kier alpha value is -4.70. The molecule has 0 aliphatic heterocycles. The predicted octanol–water partition coefficient (Wildman–Crippen LogP) is 7.16. The summed E-state index contributed by atoms with van der Waals surface area (Å²) in [6.45, 7) is 0. The summed E-state index contributed by atoms with van der Waals surface area (Å²) in [6, 6.07) is 39.9. The lowest BCUT2D eigenvalue weighted by Crippen LogP contribution is -2.00. The van der Waals surface area contributed by atoms with E-state index < -0.39 is 0 Å². The Morgan fingerprint density at radius 2 is 1.12 bits per heavy atom. The van der Waals surface area contributed by atoms with Gasteiger partial charge in [0.25, 0.3) is 0 Å². The van der Waals surface area contributed by atoms with Crippen LogP contribution < -0.4 is 0 Å². The second-order valence-electron chi connectivity index (χ2n) is 8.39. The molecule has 0 spiro atoms. The average molecular weight is 437 g/mol. The zero-order valence-corrected chi connectivity index (χ0v) is 18.3. The third-order valence-electron chi connectivity index (χ3n) is 6.41. The predicted molar refractivity (Wildman–Crippen MR) is 138 cm³/mol. The van der Waals surface area contributed by atoms with E-state index in [9.17, 15) is 0 Å². The van der Waals surface area contributed by atoms with Crippen molar-refractivity contribution in [3.8, 4) is 28.2 Å². The summed E-state index contributed by atoms with van der Waals surface area (Å²) in [7, 11) is 0. The Bertz CT molecular complexity index is 1740. The van der Waals surface area contributed by atoms with Crippen molar-refractivity contribution in [1.82, 2.24) is 19.2 Å². The van der Waals surface area contributed by atoms with Gasteiger partial charge in [0.1, 0.15) is 5.69 Å². The highest BCUT2D eigenvalue weighted by molar-refractivity contribution is 6.09. The first-order valence-electron chi connectivity index (χ1n) is 11.4. The van der Waals surface area contributed by atoms with Crippen molar-refractivity contribution in [1.29, 1.82) is 0 Å². The maximum absolute atomic E-state index is 5.14. The summed E-state index contributed by atoms with van der Waals surface area (Å²) >= 11 is 0. The minimum Gasteiger partial charge on any atom is -0.304 e. The van der Waals surface area contributed by atoms with Gasteiger partial charge in [-0.3, -0.25) is 0 Å². The molecule has 34 heavy (non-hydrogen) atoms. The number of hydrogen-bond acceptors (Lipinski definition) is 2. The Kier molecular flexibility index (Phi) is 4.11. The van der Waals surface area contributed by atoms with Crippen molar-refractivity contribution in [2.75, 3.05) is 0 Å². The number of rotatable bonds is 3. The summed E-state index contributed by atoms with van der Waals surface area (Å²) in [5, 5.41) is 7.28. The van der Waals surface area contributed by atoms with E-state index in [1.165, 1.54) is 10.8 Å². The zero-order valence-electron chi connectivity index (χ0n) is 18.3. The number of nitrogens with zero attached hydrogens (tertiary/aromatic N) is 4. The van der Waals surface area contributed by atoms with Crippen LogP contribution in [0.15, 0.2) is 121 Å². The highest BCUT2D eigenvalue weighted by atomic mass is 15.3. The van der Waals surface area contributed by atoms with Crippen LogP contribution in [0, 0.1) is 0 Å². The van der Waals surface area contributed by atoms with E-state index in [1.54, 1.807) is 0 Å². The first-order valence-corrected chi connectivity index (χ1v) is 11.4. The number of hydrogen-bond donors (Lipinski definition) is 0. The second kappa shape index (κ2) is 7.42. The van der Waals surface area contributed by atoms with Gasteiger partial charge in [0.15, 0.2) is 5.65 Å². The SMILES string of the molecule is c1ccc(-c2cc(-c3ccccc3)n3ncc(-n4c5ccccc5c5ccccc54)c3n2)cc1. The molecule has 0 bridgehead atoms. The summed E-state index contributed by atoms with van der Waals surface area (Å²) in [5.41, 5.74) is 8.20. The van der Waals surface area contributed by atoms with Crippen molar-refractivity contribution in [2.24, 2.45) is 0 Å². The maximum atomic E-state index is 5.14. The van der Waals surface area contributed by atoms with E-state index in [0.29, 0.717) is 0 Å². The van der Waals surface area contributed by atoms with Crippen molar-refractivity contribution in [2.45, 2.75) is 0 Å². The molecule has 0 unspecified atom stereocenters. The van der Waals surface area contributed by atoms with Gasteiger partial charge >= 0.3 is 0 Å². The molecular formula is C30H20N4. The van der Waals surface area contributed by atoms with Crippen LogP contribution >= 0.6 is 0 Å². The smallest absolute Gasteiger partial charge is 0.180 e. The van der Waals surface area contributed by atoms with Crippen molar-refractivity contribution >= 4 is 27.5 Å². The standard InChI is InChI=1S/C30H20N4/c1-3-11-21(12-4-1)25-19-28(22-13-5-2-6-14-22)34-30(32-25)29(20-31-34)33-26-17-9-7-15-23(26)24-16-8-10-18-27(24)33/h1-20H. The van der Waals surface area contributed by atoms with Gasteiger partial charge in [-0.05, 0) is 18.2 Å². The summed E-state index contributed by atoms with van der Waals surface area (Å²) in [6.07, 6.45) is 1.93. The van der Waals surface area contributed by atoms with Gasteiger partial charge in [-0.25, -0.2) is 9.50 Å². The molecule has 4 aromatic carbocycles. The first kappa shape index (κ1) is 18.8. The van der Waals surface area contributed by atoms with Gasteiger partial charge in [-0.1, -0.05) is 97.1 Å². The van der Waals surface area contributed by atoms with E-state index in [2.05, 4.69) is 95.6 Å². The molecule has 0 atom stereocenters. The fourth-order valence-electron chi connectivity index (χ4n) is 4.86. The molecule has 0 saturated carbocycles. The monoisotopic (exact) mass is 436 g/mol. The molecule has 0 N–H and O–H groups in total. The molecule has 0 saturated heterocycles. The van der Waals surface area contributed by atoms with Crippen molar-refractivity contribution in [3.63, 3.8) is 0 Å². The molecule has 0 aliphatic rings. The van der Waals surface area contributed by atoms with E-state index in [4.69, 9.17) is 10.1 Å². The van der Waals surface area contributed by atoms with Crippen LogP contribution in [-0.4, -0.2) is 19.2 Å². The molecule has 3 heterocycles. The molecular weight excluding hydrogens is 416 g/mol. The highest BCUT2D eigenvalue weighted by Crippen LogP contribution is 2.34. The Morgan fingerprint density at radius 3 is 1.76 bits per heavy atom. The molecule has 0 amide bonds. The molecule has 4 nitrogen and oxygen atoms in total. The first-order chi connectivity index (χ1) is 16.9. The van der Waals surface area contributed by atoms with Gasteiger partial charge in [0.2, 0.25) is 0 Å². The maximum Gasteiger partial charge on any atom is 0.180 e. The second-order valence-corrected chi connectivity index (χ2v) is 8.39. The van der Waals surface area contributed by atoms with E-state index >= 15 is 0 Å². The van der Waals surface area contributed by atoms with Gasteiger partial charge in [-0.15, -0.1) is 0 Å². The van der Waals surface area contributed by atoms with Crippen LogP contribution in [-0.2, 0) is 0 Å². The molecule has 3 aromatic heterocycles. The van der Waals surface area contributed by atoms with Crippen LogP contribution in [0.2, 0.25) is 0 Å². The van der Waals surface area contributed by atoms with Crippen molar-refractivity contribution < 1.29 is 0 Å². The third-order valence-corrected chi connectivity index (χ3v) is 6.41. The highest BCUT2D eigenvalue weighted by Gasteiger charge is 2.19.